The zero-order valence-corrected chi connectivity index (χ0v) is 15.6. The van der Waals surface area contributed by atoms with Gasteiger partial charge in [-0.1, -0.05) is 18.2 Å². The van der Waals surface area contributed by atoms with Gasteiger partial charge in [0.25, 0.3) is 0 Å². The maximum atomic E-state index is 12.7. The molecule has 0 aliphatic rings. The maximum Gasteiger partial charge on any atom is 0.247 e. The maximum absolute atomic E-state index is 12.7. The molecule has 0 N–H and O–H groups in total. The first kappa shape index (κ1) is 17.7. The Labute approximate surface area is 162 Å². The normalized spacial score (nSPS) is 10.8. The highest BCUT2D eigenvalue weighted by Crippen LogP contribution is 2.23. The van der Waals surface area contributed by atoms with Gasteiger partial charge in [-0.15, -0.1) is 10.2 Å². The molecule has 6 nitrogen and oxygen atoms in total. The van der Waals surface area contributed by atoms with Crippen molar-refractivity contribution < 1.29 is 13.9 Å². The highest BCUT2D eigenvalue weighted by Gasteiger charge is 2.17. The molecule has 4 aromatic rings. The SMILES string of the molecule is Cc1cc(C(=O)COc2ccc(-c3nnco3)cc2)c(C)n1-c1ccccc1. The topological polar surface area (TPSA) is 70.2 Å². The van der Waals surface area contributed by atoms with E-state index in [1.54, 1.807) is 12.1 Å². The van der Waals surface area contributed by atoms with Crippen LogP contribution in [-0.2, 0) is 0 Å². The monoisotopic (exact) mass is 373 g/mol. The second kappa shape index (κ2) is 7.52. The van der Waals surface area contributed by atoms with Gasteiger partial charge >= 0.3 is 0 Å². The lowest BCUT2D eigenvalue weighted by molar-refractivity contribution is 0.0921. The molecule has 6 heteroatoms. The number of hydrogen-bond acceptors (Lipinski definition) is 5. The minimum Gasteiger partial charge on any atom is -0.485 e. The van der Waals surface area contributed by atoms with Gasteiger partial charge in [0.15, 0.2) is 6.61 Å². The fraction of sp³-hybridized carbons (Fsp3) is 0.136. The average molecular weight is 373 g/mol. The summed E-state index contributed by atoms with van der Waals surface area (Å²) in [6.45, 7) is 3.92. The summed E-state index contributed by atoms with van der Waals surface area (Å²) in [4.78, 5) is 12.7. The fourth-order valence-electron chi connectivity index (χ4n) is 3.24. The second-order valence-electron chi connectivity index (χ2n) is 6.44. The molecule has 2 aromatic heterocycles. The molecule has 0 unspecified atom stereocenters. The van der Waals surface area contributed by atoms with Crippen molar-refractivity contribution in [3.8, 4) is 22.9 Å². The summed E-state index contributed by atoms with van der Waals surface area (Å²) in [6.07, 6.45) is 1.28. The molecule has 0 bridgehead atoms. The Kier molecular flexibility index (Phi) is 4.76. The molecule has 0 amide bonds. The van der Waals surface area contributed by atoms with Crippen LogP contribution in [0.4, 0.5) is 0 Å². The Hall–Kier alpha value is -3.67. The molecule has 140 valence electrons. The molecule has 2 aromatic carbocycles. The van der Waals surface area contributed by atoms with E-state index in [0.29, 0.717) is 17.2 Å². The Morgan fingerprint density at radius 1 is 1.07 bits per heavy atom. The lowest BCUT2D eigenvalue weighted by Crippen LogP contribution is -2.12. The Morgan fingerprint density at radius 3 is 2.50 bits per heavy atom. The highest BCUT2D eigenvalue weighted by atomic mass is 16.5. The van der Waals surface area contributed by atoms with E-state index in [9.17, 15) is 4.79 Å². The van der Waals surface area contributed by atoms with Gasteiger partial charge in [0, 0.05) is 28.2 Å². The minimum atomic E-state index is -0.0590. The summed E-state index contributed by atoms with van der Waals surface area (Å²) in [7, 11) is 0. The first-order valence-electron chi connectivity index (χ1n) is 8.90. The lowest BCUT2D eigenvalue weighted by atomic mass is 10.1. The molecule has 2 heterocycles. The van der Waals surface area contributed by atoms with Crippen LogP contribution in [0.5, 0.6) is 5.75 Å². The number of aromatic nitrogens is 3. The number of ketones is 1. The van der Waals surface area contributed by atoms with E-state index >= 15 is 0 Å². The number of nitrogens with zero attached hydrogens (tertiary/aromatic N) is 3. The summed E-state index contributed by atoms with van der Waals surface area (Å²) >= 11 is 0. The van der Waals surface area contributed by atoms with E-state index in [2.05, 4.69) is 14.8 Å². The number of Topliss-reactive ketones (excluding diaryl/α,β-unsaturated/α-hetero) is 1. The van der Waals surface area contributed by atoms with Crippen LogP contribution in [0.15, 0.2) is 71.5 Å². The molecule has 0 saturated carbocycles. The molecule has 0 radical (unpaired) electrons. The van der Waals surface area contributed by atoms with Gasteiger partial charge in [-0.3, -0.25) is 4.79 Å². The van der Waals surface area contributed by atoms with Gasteiger partial charge < -0.3 is 13.7 Å². The lowest BCUT2D eigenvalue weighted by Gasteiger charge is -2.10. The van der Waals surface area contributed by atoms with Gasteiger partial charge in [-0.2, -0.15) is 0 Å². The number of hydrogen-bond donors (Lipinski definition) is 0. The van der Waals surface area contributed by atoms with Crippen molar-refractivity contribution in [3.05, 3.63) is 84.0 Å². The molecule has 0 spiro atoms. The fourth-order valence-corrected chi connectivity index (χ4v) is 3.24. The number of ether oxygens (including phenoxy) is 1. The van der Waals surface area contributed by atoms with Gasteiger partial charge in [-0.05, 0) is 56.3 Å². The van der Waals surface area contributed by atoms with E-state index in [1.807, 2.05) is 62.4 Å². The molecular formula is C22H19N3O3. The standard InChI is InChI=1S/C22H19N3O3/c1-15-12-20(16(2)25(15)18-6-4-3-5-7-18)21(26)13-27-19-10-8-17(9-11-19)22-24-23-14-28-22/h3-12,14H,13H2,1-2H3. The molecule has 0 fully saturated rings. The van der Waals surface area contributed by atoms with Crippen molar-refractivity contribution in [2.75, 3.05) is 6.61 Å². The van der Waals surface area contributed by atoms with Gasteiger partial charge in [0.05, 0.1) is 0 Å². The van der Waals surface area contributed by atoms with Crippen LogP contribution in [0.3, 0.4) is 0 Å². The summed E-state index contributed by atoms with van der Waals surface area (Å²) in [5.41, 5.74) is 4.42. The Balaban J connectivity index is 1.47. The number of carbonyl (C=O) groups excluding carboxylic acids is 1. The predicted molar refractivity (Wildman–Crippen MR) is 105 cm³/mol. The number of para-hydroxylation sites is 1. The Bertz CT molecular complexity index is 1080. The van der Waals surface area contributed by atoms with Crippen molar-refractivity contribution in [2.24, 2.45) is 0 Å². The largest absolute Gasteiger partial charge is 0.485 e. The van der Waals surface area contributed by atoms with Crippen molar-refractivity contribution in [1.82, 2.24) is 14.8 Å². The molecule has 28 heavy (non-hydrogen) atoms. The van der Waals surface area contributed by atoms with E-state index in [0.717, 1.165) is 22.6 Å². The molecular weight excluding hydrogens is 354 g/mol. The summed E-state index contributed by atoms with van der Waals surface area (Å²) in [5, 5.41) is 7.52. The van der Waals surface area contributed by atoms with Crippen LogP contribution in [0.2, 0.25) is 0 Å². The quantitative estimate of drug-likeness (QED) is 0.468. The van der Waals surface area contributed by atoms with Crippen LogP contribution >= 0.6 is 0 Å². The third-order valence-electron chi connectivity index (χ3n) is 4.58. The van der Waals surface area contributed by atoms with E-state index < -0.39 is 0 Å². The van der Waals surface area contributed by atoms with E-state index in [4.69, 9.17) is 9.15 Å². The van der Waals surface area contributed by atoms with Crippen molar-refractivity contribution in [1.29, 1.82) is 0 Å². The van der Waals surface area contributed by atoms with Crippen molar-refractivity contribution >= 4 is 5.78 Å². The molecule has 0 atom stereocenters. The van der Waals surface area contributed by atoms with Crippen LogP contribution in [-0.4, -0.2) is 27.2 Å². The van der Waals surface area contributed by atoms with E-state index in [-0.39, 0.29) is 12.4 Å². The van der Waals surface area contributed by atoms with Gasteiger partial charge in [0.2, 0.25) is 18.1 Å². The zero-order valence-electron chi connectivity index (χ0n) is 15.6. The number of rotatable bonds is 6. The van der Waals surface area contributed by atoms with Crippen LogP contribution in [0.1, 0.15) is 21.7 Å². The van der Waals surface area contributed by atoms with Gasteiger partial charge in [0.1, 0.15) is 5.75 Å². The first-order valence-corrected chi connectivity index (χ1v) is 8.90. The Morgan fingerprint density at radius 2 is 1.82 bits per heavy atom. The van der Waals surface area contributed by atoms with E-state index in [1.165, 1.54) is 6.39 Å². The zero-order chi connectivity index (χ0) is 19.5. The number of carbonyl (C=O) groups is 1. The smallest absolute Gasteiger partial charge is 0.247 e. The average Bonchev–Trinajstić information content (AvgIpc) is 3.35. The summed E-state index contributed by atoms with van der Waals surface area (Å²) in [6, 6.07) is 19.1. The second-order valence-corrected chi connectivity index (χ2v) is 6.44. The molecule has 0 saturated heterocycles. The van der Waals surface area contributed by atoms with Crippen molar-refractivity contribution in [3.63, 3.8) is 0 Å². The summed E-state index contributed by atoms with van der Waals surface area (Å²) < 4.78 is 12.9. The third-order valence-corrected chi connectivity index (χ3v) is 4.58. The van der Waals surface area contributed by atoms with Crippen LogP contribution in [0.25, 0.3) is 17.1 Å². The number of benzene rings is 2. The predicted octanol–water partition coefficient (Wildman–Crippen LogP) is 4.41. The summed E-state index contributed by atoms with van der Waals surface area (Å²) in [5.74, 6) is 0.987. The van der Waals surface area contributed by atoms with Crippen molar-refractivity contribution in [2.45, 2.75) is 13.8 Å². The molecule has 0 aliphatic heterocycles. The molecule has 0 aliphatic carbocycles. The van der Waals surface area contributed by atoms with Crippen LogP contribution < -0.4 is 4.74 Å². The minimum absolute atomic E-state index is 0.0288. The third kappa shape index (κ3) is 3.44. The first-order chi connectivity index (χ1) is 13.6. The molecule has 4 rings (SSSR count). The number of aryl methyl sites for hydroxylation is 1. The highest BCUT2D eigenvalue weighted by molar-refractivity contribution is 5.98. The van der Waals surface area contributed by atoms with Crippen LogP contribution in [0, 0.1) is 13.8 Å². The van der Waals surface area contributed by atoms with Gasteiger partial charge in [-0.25, -0.2) is 0 Å².